The summed E-state index contributed by atoms with van der Waals surface area (Å²) in [5, 5.41) is 0.767. The van der Waals surface area contributed by atoms with Crippen molar-refractivity contribution in [2.45, 2.75) is 13.0 Å². The molecule has 0 radical (unpaired) electrons. The highest BCUT2D eigenvalue weighted by Crippen LogP contribution is 2.32. The number of halogens is 2. The predicted molar refractivity (Wildman–Crippen MR) is 98.3 cm³/mol. The molecular formula is C20H20F2N2O3. The van der Waals surface area contributed by atoms with Crippen molar-refractivity contribution in [1.29, 1.82) is 0 Å². The Morgan fingerprint density at radius 1 is 1.07 bits per heavy atom. The molecule has 142 valence electrons. The maximum atomic E-state index is 13.5. The number of benzene rings is 2. The third kappa shape index (κ3) is 3.45. The van der Waals surface area contributed by atoms with Gasteiger partial charge in [-0.3, -0.25) is 4.79 Å². The fourth-order valence-corrected chi connectivity index (χ4v) is 2.94. The Morgan fingerprint density at radius 2 is 1.81 bits per heavy atom. The molecular weight excluding hydrogens is 354 g/mol. The van der Waals surface area contributed by atoms with Crippen LogP contribution >= 0.6 is 0 Å². The molecule has 5 nitrogen and oxygen atoms in total. The van der Waals surface area contributed by atoms with Gasteiger partial charge in [-0.25, -0.2) is 8.78 Å². The molecule has 3 aromatic rings. The molecule has 0 bridgehead atoms. The van der Waals surface area contributed by atoms with Crippen molar-refractivity contribution in [2.24, 2.45) is 0 Å². The summed E-state index contributed by atoms with van der Waals surface area (Å²) in [6.07, 6.45) is 0. The van der Waals surface area contributed by atoms with E-state index in [1.54, 1.807) is 39.3 Å². The van der Waals surface area contributed by atoms with Gasteiger partial charge in [-0.15, -0.1) is 0 Å². The van der Waals surface area contributed by atoms with Gasteiger partial charge >= 0.3 is 0 Å². The van der Waals surface area contributed by atoms with Gasteiger partial charge in [-0.1, -0.05) is 6.07 Å². The topological polar surface area (TPSA) is 54.6 Å². The first-order valence-electron chi connectivity index (χ1n) is 8.32. The van der Waals surface area contributed by atoms with Gasteiger partial charge in [-0.2, -0.15) is 0 Å². The van der Waals surface area contributed by atoms with E-state index in [2.05, 4.69) is 4.98 Å². The van der Waals surface area contributed by atoms with E-state index in [0.29, 0.717) is 28.3 Å². The molecule has 1 atom stereocenters. The van der Waals surface area contributed by atoms with Crippen LogP contribution < -0.4 is 9.47 Å². The quantitative estimate of drug-likeness (QED) is 0.725. The van der Waals surface area contributed by atoms with Crippen LogP contribution in [0.25, 0.3) is 10.9 Å². The summed E-state index contributed by atoms with van der Waals surface area (Å²) in [4.78, 5) is 17.4. The monoisotopic (exact) mass is 374 g/mol. The van der Waals surface area contributed by atoms with Crippen molar-refractivity contribution in [3.63, 3.8) is 0 Å². The van der Waals surface area contributed by atoms with Gasteiger partial charge in [0.15, 0.2) is 11.6 Å². The van der Waals surface area contributed by atoms with E-state index in [0.717, 1.165) is 17.5 Å². The molecule has 0 aliphatic carbocycles. The second-order valence-electron chi connectivity index (χ2n) is 6.24. The highest BCUT2D eigenvalue weighted by atomic mass is 19.2. The molecule has 7 heteroatoms. The van der Waals surface area contributed by atoms with E-state index in [4.69, 9.17) is 9.47 Å². The van der Waals surface area contributed by atoms with Crippen LogP contribution in [0.2, 0.25) is 0 Å². The number of hydrogen-bond donors (Lipinski definition) is 1. The normalized spacial score (nSPS) is 12.1. The van der Waals surface area contributed by atoms with Crippen LogP contribution in [-0.2, 0) is 0 Å². The molecule has 0 aliphatic rings. The Kier molecular flexibility index (Phi) is 5.03. The predicted octanol–water partition coefficient (Wildman–Crippen LogP) is 4.30. The van der Waals surface area contributed by atoms with Crippen LogP contribution in [0.3, 0.4) is 0 Å². The average molecular weight is 374 g/mol. The van der Waals surface area contributed by atoms with E-state index in [9.17, 15) is 13.6 Å². The number of aromatic amines is 1. The molecule has 1 aromatic heterocycles. The van der Waals surface area contributed by atoms with Crippen LogP contribution in [0.1, 0.15) is 29.0 Å². The molecule has 2 aromatic carbocycles. The summed E-state index contributed by atoms with van der Waals surface area (Å²) in [5.74, 6) is -0.982. The lowest BCUT2D eigenvalue weighted by molar-refractivity contribution is 0.0737. The van der Waals surface area contributed by atoms with Crippen molar-refractivity contribution in [1.82, 2.24) is 9.88 Å². The average Bonchev–Trinajstić information content (AvgIpc) is 3.11. The molecule has 0 unspecified atom stereocenters. The first-order chi connectivity index (χ1) is 12.8. The molecule has 0 spiro atoms. The number of fused-ring (bicyclic) bond motifs is 1. The summed E-state index contributed by atoms with van der Waals surface area (Å²) in [6, 6.07) is 8.39. The van der Waals surface area contributed by atoms with Crippen LogP contribution in [0.5, 0.6) is 11.5 Å². The number of H-pyrrole nitrogens is 1. The SMILES string of the molecule is COc1cc(OC)c2[nH]c(C(=O)N(C)[C@@H](C)c3ccc(F)c(F)c3)cc2c1. The van der Waals surface area contributed by atoms with Crippen LogP contribution in [-0.4, -0.2) is 37.1 Å². The molecule has 3 rings (SSSR count). The number of amides is 1. The van der Waals surface area contributed by atoms with E-state index >= 15 is 0 Å². The van der Waals surface area contributed by atoms with Gasteiger partial charge in [-0.05, 0) is 36.8 Å². The molecule has 0 saturated carbocycles. The number of ether oxygens (including phenoxy) is 2. The summed E-state index contributed by atoms with van der Waals surface area (Å²) in [7, 11) is 4.70. The Hall–Kier alpha value is -3.09. The third-order valence-electron chi connectivity index (χ3n) is 4.68. The Bertz CT molecular complexity index is 1000. The van der Waals surface area contributed by atoms with Gasteiger partial charge < -0.3 is 19.4 Å². The number of nitrogens with one attached hydrogen (secondary N) is 1. The van der Waals surface area contributed by atoms with Crippen LogP contribution in [0.15, 0.2) is 36.4 Å². The largest absolute Gasteiger partial charge is 0.497 e. The maximum Gasteiger partial charge on any atom is 0.270 e. The maximum absolute atomic E-state index is 13.5. The number of hydrogen-bond acceptors (Lipinski definition) is 3. The first kappa shape index (κ1) is 18.7. The van der Waals surface area contributed by atoms with Crippen LogP contribution in [0, 0.1) is 11.6 Å². The summed E-state index contributed by atoms with van der Waals surface area (Å²) < 4.78 is 37.3. The Balaban J connectivity index is 1.93. The van der Waals surface area contributed by atoms with Gasteiger partial charge in [0.05, 0.1) is 25.8 Å². The lowest BCUT2D eigenvalue weighted by Crippen LogP contribution is -2.30. The highest BCUT2D eigenvalue weighted by molar-refractivity contribution is 6.00. The number of aromatic nitrogens is 1. The second kappa shape index (κ2) is 7.26. The molecule has 0 saturated heterocycles. The molecule has 1 N–H and O–H groups in total. The van der Waals surface area contributed by atoms with Gasteiger partial charge in [0.2, 0.25) is 0 Å². The fraction of sp³-hybridized carbons (Fsp3) is 0.250. The molecule has 0 aliphatic heterocycles. The Labute approximate surface area is 155 Å². The minimum Gasteiger partial charge on any atom is -0.497 e. The molecule has 27 heavy (non-hydrogen) atoms. The van der Waals surface area contributed by atoms with Gasteiger partial charge in [0.1, 0.15) is 17.2 Å². The van der Waals surface area contributed by atoms with Crippen molar-refractivity contribution >= 4 is 16.8 Å². The molecule has 1 heterocycles. The van der Waals surface area contributed by atoms with Crippen molar-refractivity contribution in [3.8, 4) is 11.5 Å². The van der Waals surface area contributed by atoms with E-state index in [1.807, 2.05) is 0 Å². The van der Waals surface area contributed by atoms with Crippen molar-refractivity contribution in [3.05, 3.63) is 59.3 Å². The molecule has 0 fully saturated rings. The zero-order chi connectivity index (χ0) is 19.7. The van der Waals surface area contributed by atoms with Gasteiger partial charge in [0, 0.05) is 18.5 Å². The van der Waals surface area contributed by atoms with Crippen molar-refractivity contribution < 1.29 is 23.0 Å². The highest BCUT2D eigenvalue weighted by Gasteiger charge is 2.22. The number of methoxy groups -OCH3 is 2. The number of nitrogens with zero attached hydrogens (tertiary/aromatic N) is 1. The van der Waals surface area contributed by atoms with E-state index in [-0.39, 0.29) is 5.91 Å². The first-order valence-corrected chi connectivity index (χ1v) is 8.32. The van der Waals surface area contributed by atoms with E-state index in [1.165, 1.54) is 18.1 Å². The number of rotatable bonds is 5. The zero-order valence-corrected chi connectivity index (χ0v) is 15.5. The van der Waals surface area contributed by atoms with Gasteiger partial charge in [0.25, 0.3) is 5.91 Å². The summed E-state index contributed by atoms with van der Waals surface area (Å²) in [6.45, 7) is 1.75. The standard InChI is InChI=1S/C20H20F2N2O3/c1-11(12-5-6-15(21)16(22)8-12)24(2)20(25)17-9-13-7-14(26-3)10-18(27-4)19(13)23-17/h5-11,23H,1-4H3/t11-/m0/s1. The minimum atomic E-state index is -0.942. The van der Waals surface area contributed by atoms with Crippen LogP contribution in [0.4, 0.5) is 8.78 Å². The Morgan fingerprint density at radius 3 is 2.44 bits per heavy atom. The minimum absolute atomic E-state index is 0.288. The summed E-state index contributed by atoms with van der Waals surface area (Å²) in [5.41, 5.74) is 1.53. The second-order valence-corrected chi connectivity index (χ2v) is 6.24. The smallest absolute Gasteiger partial charge is 0.270 e. The number of carbonyl (C=O) groups is 1. The molecule has 1 amide bonds. The fourth-order valence-electron chi connectivity index (χ4n) is 2.94. The lowest BCUT2D eigenvalue weighted by Gasteiger charge is -2.25. The van der Waals surface area contributed by atoms with E-state index < -0.39 is 17.7 Å². The number of carbonyl (C=O) groups excluding carboxylic acids is 1. The lowest BCUT2D eigenvalue weighted by atomic mass is 10.1. The third-order valence-corrected chi connectivity index (χ3v) is 4.68. The zero-order valence-electron chi connectivity index (χ0n) is 15.5. The van der Waals surface area contributed by atoms with Crippen molar-refractivity contribution in [2.75, 3.05) is 21.3 Å². The summed E-state index contributed by atoms with van der Waals surface area (Å²) >= 11 is 0.